The highest BCUT2D eigenvalue weighted by atomic mass is 79.9. The van der Waals surface area contributed by atoms with E-state index in [0.29, 0.717) is 19.4 Å². The zero-order chi connectivity index (χ0) is 9.68. The Balaban J connectivity index is 2.29. The second-order valence-electron chi connectivity index (χ2n) is 2.98. The van der Waals surface area contributed by atoms with Crippen molar-refractivity contribution in [2.45, 2.75) is 25.7 Å². The fraction of sp³-hybridized carbons (Fsp3) is 0.750. The number of rotatable bonds is 4. The third-order valence-electron chi connectivity index (χ3n) is 1.89. The molecule has 0 saturated carbocycles. The summed E-state index contributed by atoms with van der Waals surface area (Å²) in [6.07, 6.45) is 2.60. The van der Waals surface area contributed by atoms with Gasteiger partial charge in [0.25, 0.3) is 0 Å². The van der Waals surface area contributed by atoms with Crippen LogP contribution in [0.5, 0.6) is 0 Å². The molecule has 1 N–H and O–H groups in total. The molecule has 1 aliphatic heterocycles. The van der Waals surface area contributed by atoms with Crippen LogP contribution in [0.2, 0.25) is 0 Å². The minimum atomic E-state index is -0.0570. The SMILES string of the molecule is O=C1CCC(=O)N(CCCCBr)N1. The molecular formula is C8H13BrN2O2. The van der Waals surface area contributed by atoms with E-state index in [2.05, 4.69) is 21.4 Å². The van der Waals surface area contributed by atoms with Crippen molar-refractivity contribution in [3.05, 3.63) is 0 Å². The summed E-state index contributed by atoms with van der Waals surface area (Å²) < 4.78 is 0. The summed E-state index contributed by atoms with van der Waals surface area (Å²) in [5, 5.41) is 2.36. The number of carbonyl (C=O) groups is 2. The standard InChI is InChI=1S/C8H13BrN2O2/c9-5-1-2-6-11-8(13)4-3-7(12)10-11/h1-6H2,(H,10,12). The average Bonchev–Trinajstić information content (AvgIpc) is 2.11. The van der Waals surface area contributed by atoms with Crippen LogP contribution >= 0.6 is 15.9 Å². The van der Waals surface area contributed by atoms with Gasteiger partial charge in [0.2, 0.25) is 11.8 Å². The van der Waals surface area contributed by atoms with Crippen LogP contribution in [0.1, 0.15) is 25.7 Å². The van der Waals surface area contributed by atoms with Gasteiger partial charge in [-0.3, -0.25) is 20.0 Å². The molecule has 0 aromatic rings. The van der Waals surface area contributed by atoms with Gasteiger partial charge in [-0.25, -0.2) is 0 Å². The van der Waals surface area contributed by atoms with Gasteiger partial charge in [0, 0.05) is 24.7 Å². The topological polar surface area (TPSA) is 49.4 Å². The Morgan fingerprint density at radius 1 is 1.31 bits per heavy atom. The summed E-state index contributed by atoms with van der Waals surface area (Å²) in [4.78, 5) is 22.2. The van der Waals surface area contributed by atoms with E-state index in [1.54, 1.807) is 0 Å². The number of nitrogens with zero attached hydrogens (tertiary/aromatic N) is 1. The summed E-state index contributed by atoms with van der Waals surface area (Å²) in [5.74, 6) is -0.0346. The fourth-order valence-electron chi connectivity index (χ4n) is 1.17. The lowest BCUT2D eigenvalue weighted by Gasteiger charge is -2.26. The quantitative estimate of drug-likeness (QED) is 0.592. The summed E-state index contributed by atoms with van der Waals surface area (Å²) >= 11 is 3.31. The molecule has 0 aromatic heterocycles. The average molecular weight is 249 g/mol. The number of halogens is 1. The first-order chi connectivity index (χ1) is 6.24. The molecule has 1 fully saturated rings. The first-order valence-electron chi connectivity index (χ1n) is 4.40. The van der Waals surface area contributed by atoms with Gasteiger partial charge in [0.1, 0.15) is 0 Å². The van der Waals surface area contributed by atoms with Gasteiger partial charge in [0.15, 0.2) is 0 Å². The molecule has 4 nitrogen and oxygen atoms in total. The van der Waals surface area contributed by atoms with Crippen molar-refractivity contribution in [1.82, 2.24) is 10.4 Å². The maximum atomic E-state index is 11.2. The molecule has 0 aliphatic carbocycles. The Morgan fingerprint density at radius 2 is 2.08 bits per heavy atom. The van der Waals surface area contributed by atoms with Gasteiger partial charge in [0.05, 0.1) is 0 Å². The zero-order valence-electron chi connectivity index (χ0n) is 7.38. The molecule has 74 valence electrons. The van der Waals surface area contributed by atoms with E-state index in [1.807, 2.05) is 0 Å². The number of hydrogen-bond acceptors (Lipinski definition) is 2. The van der Waals surface area contributed by atoms with E-state index in [0.717, 1.165) is 18.2 Å². The number of carbonyl (C=O) groups excluding carboxylic acids is 2. The molecule has 13 heavy (non-hydrogen) atoms. The second kappa shape index (κ2) is 5.21. The maximum Gasteiger partial charge on any atom is 0.241 e. The molecule has 5 heteroatoms. The lowest BCUT2D eigenvalue weighted by molar-refractivity contribution is -0.147. The summed E-state index contributed by atoms with van der Waals surface area (Å²) in [5.41, 5.74) is 2.55. The Hall–Kier alpha value is -0.580. The number of nitrogens with one attached hydrogen (secondary N) is 1. The highest BCUT2D eigenvalue weighted by Gasteiger charge is 2.21. The van der Waals surface area contributed by atoms with Crippen molar-refractivity contribution in [3.63, 3.8) is 0 Å². The van der Waals surface area contributed by atoms with Crippen molar-refractivity contribution in [2.75, 3.05) is 11.9 Å². The summed E-state index contributed by atoms with van der Waals surface area (Å²) in [6, 6.07) is 0. The first kappa shape index (κ1) is 10.5. The number of hydrogen-bond donors (Lipinski definition) is 1. The van der Waals surface area contributed by atoms with Gasteiger partial charge in [-0.15, -0.1) is 0 Å². The molecule has 1 heterocycles. The van der Waals surface area contributed by atoms with Crippen LogP contribution < -0.4 is 5.43 Å². The fourth-order valence-corrected chi connectivity index (χ4v) is 1.57. The molecule has 1 rings (SSSR count). The first-order valence-corrected chi connectivity index (χ1v) is 5.52. The van der Waals surface area contributed by atoms with E-state index in [-0.39, 0.29) is 11.8 Å². The minimum Gasteiger partial charge on any atom is -0.273 e. The van der Waals surface area contributed by atoms with Crippen molar-refractivity contribution >= 4 is 27.7 Å². The van der Waals surface area contributed by atoms with Crippen LogP contribution in [0.3, 0.4) is 0 Å². The lowest BCUT2D eigenvalue weighted by Crippen LogP contribution is -2.50. The van der Waals surface area contributed by atoms with Crippen molar-refractivity contribution in [1.29, 1.82) is 0 Å². The molecule has 2 amide bonds. The second-order valence-corrected chi connectivity index (χ2v) is 3.77. The predicted molar refractivity (Wildman–Crippen MR) is 52.1 cm³/mol. The Labute approximate surface area is 85.8 Å². The number of unbranched alkanes of at least 4 members (excludes halogenated alkanes) is 1. The molecule has 0 unspecified atom stereocenters. The zero-order valence-corrected chi connectivity index (χ0v) is 8.97. The van der Waals surface area contributed by atoms with Crippen LogP contribution in [0, 0.1) is 0 Å². The molecule has 0 spiro atoms. The van der Waals surface area contributed by atoms with Crippen molar-refractivity contribution < 1.29 is 9.59 Å². The molecule has 1 saturated heterocycles. The van der Waals surface area contributed by atoms with Gasteiger partial charge in [-0.05, 0) is 12.8 Å². The Bertz CT molecular complexity index is 208. The van der Waals surface area contributed by atoms with Crippen LogP contribution in [0.15, 0.2) is 0 Å². The molecule has 0 aromatic carbocycles. The van der Waals surface area contributed by atoms with Gasteiger partial charge < -0.3 is 0 Å². The van der Waals surface area contributed by atoms with E-state index in [4.69, 9.17) is 0 Å². The van der Waals surface area contributed by atoms with Crippen LogP contribution in [0.25, 0.3) is 0 Å². The number of amides is 2. The largest absolute Gasteiger partial charge is 0.273 e. The molecule has 0 radical (unpaired) electrons. The van der Waals surface area contributed by atoms with Crippen LogP contribution in [-0.4, -0.2) is 28.7 Å². The van der Waals surface area contributed by atoms with Crippen LogP contribution in [-0.2, 0) is 9.59 Å². The van der Waals surface area contributed by atoms with Gasteiger partial charge >= 0.3 is 0 Å². The monoisotopic (exact) mass is 248 g/mol. The predicted octanol–water partition coefficient (Wildman–Crippen LogP) is 0.815. The van der Waals surface area contributed by atoms with Crippen molar-refractivity contribution in [2.24, 2.45) is 0 Å². The third-order valence-corrected chi connectivity index (χ3v) is 2.45. The van der Waals surface area contributed by atoms with Crippen molar-refractivity contribution in [3.8, 4) is 0 Å². The number of alkyl halides is 1. The Morgan fingerprint density at radius 3 is 2.77 bits per heavy atom. The third kappa shape index (κ3) is 3.34. The minimum absolute atomic E-state index is 0.0224. The molecule has 0 bridgehead atoms. The van der Waals surface area contributed by atoms with Gasteiger partial charge in [-0.2, -0.15) is 0 Å². The van der Waals surface area contributed by atoms with E-state index >= 15 is 0 Å². The van der Waals surface area contributed by atoms with E-state index in [1.165, 1.54) is 5.01 Å². The highest BCUT2D eigenvalue weighted by molar-refractivity contribution is 9.09. The smallest absolute Gasteiger partial charge is 0.241 e. The van der Waals surface area contributed by atoms with Gasteiger partial charge in [-0.1, -0.05) is 15.9 Å². The van der Waals surface area contributed by atoms with E-state index < -0.39 is 0 Å². The highest BCUT2D eigenvalue weighted by Crippen LogP contribution is 2.05. The lowest BCUT2D eigenvalue weighted by atomic mass is 10.2. The molecular weight excluding hydrogens is 236 g/mol. The van der Waals surface area contributed by atoms with Crippen LogP contribution in [0.4, 0.5) is 0 Å². The maximum absolute atomic E-state index is 11.2. The Kier molecular flexibility index (Phi) is 4.21. The molecule has 0 atom stereocenters. The number of hydrazine groups is 1. The van der Waals surface area contributed by atoms with E-state index in [9.17, 15) is 9.59 Å². The summed E-state index contributed by atoms with van der Waals surface area (Å²) in [6.45, 7) is 0.621. The normalized spacial score (nSPS) is 17.5. The summed E-state index contributed by atoms with van der Waals surface area (Å²) in [7, 11) is 0. The molecule has 1 aliphatic rings.